The molecule has 8 heteroatoms. The summed E-state index contributed by atoms with van der Waals surface area (Å²) in [7, 11) is 0. The minimum Gasteiger partial charge on any atom is -0.484 e. The first-order chi connectivity index (χ1) is 16.0. The smallest absolute Gasteiger partial charge is 0.305 e. The molecule has 1 atom stereocenters. The fourth-order valence-corrected chi connectivity index (χ4v) is 3.38. The van der Waals surface area contributed by atoms with Crippen molar-refractivity contribution in [3.05, 3.63) is 71.8 Å². The van der Waals surface area contributed by atoms with Gasteiger partial charge in [-0.1, -0.05) is 26.7 Å². The summed E-state index contributed by atoms with van der Waals surface area (Å²) in [5, 5.41) is 15.8. The van der Waals surface area contributed by atoms with Gasteiger partial charge in [0.25, 0.3) is 5.91 Å². The van der Waals surface area contributed by atoms with E-state index in [9.17, 15) is 9.59 Å². The molecule has 2 heterocycles. The normalized spacial score (nSPS) is 11.7. The first-order valence-corrected chi connectivity index (χ1v) is 11.3. The van der Waals surface area contributed by atoms with Gasteiger partial charge in [-0.3, -0.25) is 14.6 Å². The van der Waals surface area contributed by atoms with E-state index in [1.807, 2.05) is 41.2 Å². The highest BCUT2D eigenvalue weighted by Crippen LogP contribution is 2.26. The predicted octanol–water partition coefficient (Wildman–Crippen LogP) is 4.34. The minimum absolute atomic E-state index is 0.0753. The summed E-state index contributed by atoms with van der Waals surface area (Å²) in [5.41, 5.74) is 3.16. The van der Waals surface area contributed by atoms with E-state index in [-0.39, 0.29) is 25.0 Å². The topological polar surface area (TPSA) is 106 Å². The number of amides is 1. The molecule has 2 aromatic heterocycles. The van der Waals surface area contributed by atoms with Gasteiger partial charge in [-0.2, -0.15) is 5.10 Å². The molecule has 3 rings (SSSR count). The van der Waals surface area contributed by atoms with Gasteiger partial charge in [0, 0.05) is 18.9 Å². The Morgan fingerprint density at radius 2 is 1.88 bits per heavy atom. The monoisotopic (exact) mass is 450 g/mol. The highest BCUT2D eigenvalue weighted by molar-refractivity contribution is 5.94. The van der Waals surface area contributed by atoms with Crippen LogP contribution in [0.3, 0.4) is 0 Å². The van der Waals surface area contributed by atoms with Crippen LogP contribution in [0, 0.1) is 0 Å². The van der Waals surface area contributed by atoms with Crippen LogP contribution < -0.4 is 10.1 Å². The molecule has 0 fully saturated rings. The summed E-state index contributed by atoms with van der Waals surface area (Å²) in [6.45, 7) is 4.29. The van der Waals surface area contributed by atoms with Crippen molar-refractivity contribution in [3.63, 3.8) is 0 Å². The van der Waals surface area contributed by atoms with Gasteiger partial charge in [-0.25, -0.2) is 4.68 Å². The number of aromatic nitrogens is 3. The number of carboxylic acids is 1. The molecule has 33 heavy (non-hydrogen) atoms. The van der Waals surface area contributed by atoms with Crippen molar-refractivity contribution in [2.75, 3.05) is 6.54 Å². The van der Waals surface area contributed by atoms with Gasteiger partial charge in [0.1, 0.15) is 11.9 Å². The molecule has 0 saturated heterocycles. The second-order valence-corrected chi connectivity index (χ2v) is 7.76. The number of carbonyl (C=O) groups excluding carboxylic acids is 1. The molecule has 0 spiro atoms. The molecule has 0 aliphatic heterocycles. The third-order valence-corrected chi connectivity index (χ3v) is 5.08. The molecular formula is C25H30N4O4. The van der Waals surface area contributed by atoms with Crippen LogP contribution in [0.4, 0.5) is 0 Å². The molecule has 0 aliphatic rings. The molecule has 8 nitrogen and oxygen atoms in total. The zero-order valence-electron chi connectivity index (χ0n) is 19.0. The largest absolute Gasteiger partial charge is 0.484 e. The van der Waals surface area contributed by atoms with Gasteiger partial charge in [0.2, 0.25) is 0 Å². The second kappa shape index (κ2) is 11.8. The van der Waals surface area contributed by atoms with E-state index in [1.54, 1.807) is 12.1 Å². The maximum absolute atomic E-state index is 12.1. The second-order valence-electron chi connectivity index (χ2n) is 7.76. The van der Waals surface area contributed by atoms with E-state index in [0.717, 1.165) is 48.5 Å². The first kappa shape index (κ1) is 24.0. The van der Waals surface area contributed by atoms with Gasteiger partial charge >= 0.3 is 5.97 Å². The van der Waals surface area contributed by atoms with Crippen LogP contribution in [0.2, 0.25) is 0 Å². The summed E-state index contributed by atoms with van der Waals surface area (Å²) in [5.74, 6) is -0.572. The number of rotatable bonds is 12. The highest BCUT2D eigenvalue weighted by Gasteiger charge is 2.16. The summed E-state index contributed by atoms with van der Waals surface area (Å²) in [6, 6.07) is 13.3. The van der Waals surface area contributed by atoms with Crippen molar-refractivity contribution in [1.82, 2.24) is 20.1 Å². The third-order valence-electron chi connectivity index (χ3n) is 5.08. The fourth-order valence-electron chi connectivity index (χ4n) is 3.38. The Bertz CT molecular complexity index is 1050. The van der Waals surface area contributed by atoms with Crippen LogP contribution in [-0.2, 0) is 11.2 Å². The van der Waals surface area contributed by atoms with Crippen molar-refractivity contribution in [2.24, 2.45) is 0 Å². The number of carboxylic acid groups (broad SMARTS) is 1. The molecule has 3 aromatic rings. The number of nitrogens with zero attached hydrogens (tertiary/aromatic N) is 3. The Balaban J connectivity index is 1.65. The molecule has 174 valence electrons. The van der Waals surface area contributed by atoms with Crippen LogP contribution in [-0.4, -0.2) is 38.3 Å². The molecule has 1 aromatic carbocycles. The number of hydrogen-bond acceptors (Lipinski definition) is 5. The Morgan fingerprint density at radius 3 is 2.52 bits per heavy atom. The van der Waals surface area contributed by atoms with Crippen LogP contribution in [0.15, 0.2) is 54.9 Å². The number of pyridine rings is 1. The zero-order chi connectivity index (χ0) is 23.6. The Kier molecular flexibility index (Phi) is 8.57. The fraction of sp³-hybridized carbons (Fsp3) is 0.360. The average Bonchev–Trinajstić information content (AvgIpc) is 3.28. The van der Waals surface area contributed by atoms with E-state index in [2.05, 4.69) is 29.2 Å². The van der Waals surface area contributed by atoms with Crippen molar-refractivity contribution >= 4 is 11.9 Å². The van der Waals surface area contributed by atoms with Crippen LogP contribution in [0.5, 0.6) is 5.75 Å². The van der Waals surface area contributed by atoms with E-state index in [0.29, 0.717) is 5.56 Å². The lowest BCUT2D eigenvalue weighted by Gasteiger charge is -2.18. The van der Waals surface area contributed by atoms with Crippen LogP contribution in [0.25, 0.3) is 5.69 Å². The van der Waals surface area contributed by atoms with Gasteiger partial charge in [-0.05, 0) is 55.3 Å². The third kappa shape index (κ3) is 6.90. The maximum Gasteiger partial charge on any atom is 0.305 e. The Hall–Kier alpha value is -3.68. The van der Waals surface area contributed by atoms with Crippen molar-refractivity contribution in [1.29, 1.82) is 0 Å². The number of aryl methyl sites for hydroxylation is 1. The Morgan fingerprint density at radius 1 is 1.09 bits per heavy atom. The molecule has 0 radical (unpaired) electrons. The van der Waals surface area contributed by atoms with Gasteiger partial charge in [-0.15, -0.1) is 0 Å². The van der Waals surface area contributed by atoms with E-state index < -0.39 is 5.97 Å². The predicted molar refractivity (Wildman–Crippen MR) is 125 cm³/mol. The van der Waals surface area contributed by atoms with Crippen molar-refractivity contribution in [2.45, 2.75) is 52.1 Å². The lowest BCUT2D eigenvalue weighted by atomic mass is 10.1. The van der Waals surface area contributed by atoms with E-state index in [1.165, 1.54) is 6.20 Å². The Labute approximate surface area is 193 Å². The lowest BCUT2D eigenvalue weighted by molar-refractivity contribution is -0.136. The number of nitrogens with one attached hydrogen (secondary N) is 1. The van der Waals surface area contributed by atoms with Gasteiger partial charge in [0.15, 0.2) is 0 Å². The number of carbonyl (C=O) groups is 2. The summed E-state index contributed by atoms with van der Waals surface area (Å²) >= 11 is 0. The molecule has 0 bridgehead atoms. The highest BCUT2D eigenvalue weighted by atomic mass is 16.5. The number of hydrogen-bond donors (Lipinski definition) is 2. The SMILES string of the molecule is CCCc1ccn(-c2ccc(OC(CCC)c3ccc(C(=O)NCCC(=O)O)cn3)cc2)n1. The summed E-state index contributed by atoms with van der Waals surface area (Å²) < 4.78 is 8.07. The van der Waals surface area contributed by atoms with Crippen LogP contribution in [0.1, 0.15) is 67.4 Å². The number of benzene rings is 1. The minimum atomic E-state index is -0.956. The van der Waals surface area contributed by atoms with Crippen molar-refractivity contribution < 1.29 is 19.4 Å². The number of aliphatic carboxylic acids is 1. The van der Waals surface area contributed by atoms with Crippen LogP contribution >= 0.6 is 0 Å². The lowest BCUT2D eigenvalue weighted by Crippen LogP contribution is -2.26. The molecule has 1 unspecified atom stereocenters. The molecular weight excluding hydrogens is 420 g/mol. The quantitative estimate of drug-likeness (QED) is 0.425. The standard InChI is InChI=1S/C25H30N4O4/c1-3-5-19-14-16-29(28-19)20-8-10-21(11-9-20)33-23(6-4-2)22-12-7-18(17-27-22)25(32)26-15-13-24(30)31/h7-12,14,16-17,23H,3-6,13,15H2,1-2H3,(H,26,32)(H,30,31). The van der Waals surface area contributed by atoms with Gasteiger partial charge < -0.3 is 15.2 Å². The van der Waals surface area contributed by atoms with Gasteiger partial charge in [0.05, 0.1) is 29.1 Å². The van der Waals surface area contributed by atoms with E-state index >= 15 is 0 Å². The zero-order valence-corrected chi connectivity index (χ0v) is 19.0. The maximum atomic E-state index is 12.1. The molecule has 0 saturated carbocycles. The van der Waals surface area contributed by atoms with Crippen molar-refractivity contribution in [3.8, 4) is 11.4 Å². The summed E-state index contributed by atoms with van der Waals surface area (Å²) in [6.07, 6.45) is 6.80. The molecule has 0 aliphatic carbocycles. The number of ether oxygens (including phenoxy) is 1. The molecule has 2 N–H and O–H groups in total. The molecule has 1 amide bonds. The summed E-state index contributed by atoms with van der Waals surface area (Å²) in [4.78, 5) is 27.1. The van der Waals surface area contributed by atoms with E-state index in [4.69, 9.17) is 9.84 Å². The first-order valence-electron chi connectivity index (χ1n) is 11.3. The average molecular weight is 451 g/mol.